The van der Waals surface area contributed by atoms with E-state index in [-0.39, 0.29) is 0 Å². The van der Waals surface area contributed by atoms with E-state index < -0.39 is 30.4 Å². The molecule has 0 saturated heterocycles. The molecule has 8 heteroatoms. The molecule has 0 radical (unpaired) electrons. The molecule has 0 aromatic heterocycles. The van der Waals surface area contributed by atoms with Crippen molar-refractivity contribution in [2.75, 3.05) is 11.9 Å². The van der Waals surface area contributed by atoms with Crippen molar-refractivity contribution in [2.24, 2.45) is 0 Å². The Balaban J connectivity index is 1.84. The second-order valence-electron chi connectivity index (χ2n) is 4.99. The number of anilines is 1. The van der Waals surface area contributed by atoms with Crippen LogP contribution in [0.15, 0.2) is 42.5 Å². The summed E-state index contributed by atoms with van der Waals surface area (Å²) in [6.07, 6.45) is -1.07. The van der Waals surface area contributed by atoms with Gasteiger partial charge in [0, 0.05) is 5.02 Å². The lowest BCUT2D eigenvalue weighted by atomic mass is 10.3. The van der Waals surface area contributed by atoms with E-state index in [4.69, 9.17) is 32.7 Å². The number of carbonyl (C=O) groups is 2. The van der Waals surface area contributed by atoms with Crippen LogP contribution in [0.25, 0.3) is 0 Å². The van der Waals surface area contributed by atoms with E-state index in [0.717, 1.165) is 0 Å². The second kappa shape index (κ2) is 8.69. The van der Waals surface area contributed by atoms with Crippen molar-refractivity contribution >= 4 is 40.8 Å². The number of carbonyl (C=O) groups excluding carboxylic acids is 2. The van der Waals surface area contributed by atoms with Crippen molar-refractivity contribution in [3.05, 3.63) is 58.3 Å². The number of amides is 1. The quantitative estimate of drug-likeness (QED) is 0.760. The second-order valence-corrected chi connectivity index (χ2v) is 5.83. The summed E-state index contributed by atoms with van der Waals surface area (Å²) in [7, 11) is 0. The number of halogens is 3. The topological polar surface area (TPSA) is 64.6 Å². The van der Waals surface area contributed by atoms with Gasteiger partial charge < -0.3 is 14.8 Å². The predicted octanol–water partition coefficient (Wildman–Crippen LogP) is 4.08. The first-order valence-corrected chi connectivity index (χ1v) is 7.94. The van der Waals surface area contributed by atoms with E-state index in [1.165, 1.54) is 43.3 Å². The summed E-state index contributed by atoms with van der Waals surface area (Å²) in [5, 5.41) is 3.22. The fourth-order valence-electron chi connectivity index (χ4n) is 1.79. The maximum atomic E-state index is 12.8. The Morgan fingerprint density at radius 1 is 1.16 bits per heavy atom. The number of benzene rings is 2. The molecular weight excluding hydrogens is 372 g/mol. The van der Waals surface area contributed by atoms with Gasteiger partial charge in [-0.25, -0.2) is 9.18 Å². The minimum absolute atomic E-state index is 0.302. The van der Waals surface area contributed by atoms with E-state index in [1.54, 1.807) is 6.07 Å². The van der Waals surface area contributed by atoms with Crippen LogP contribution in [-0.2, 0) is 14.3 Å². The van der Waals surface area contributed by atoms with Crippen LogP contribution in [-0.4, -0.2) is 24.6 Å². The lowest BCUT2D eigenvalue weighted by molar-refractivity contribution is -0.155. The van der Waals surface area contributed by atoms with Crippen LogP contribution in [0, 0.1) is 5.82 Å². The van der Waals surface area contributed by atoms with Crippen molar-refractivity contribution in [2.45, 2.75) is 13.0 Å². The van der Waals surface area contributed by atoms with Gasteiger partial charge in [0.05, 0.1) is 10.7 Å². The van der Waals surface area contributed by atoms with Gasteiger partial charge in [0.2, 0.25) is 0 Å². The number of nitrogens with one attached hydrogen (secondary N) is 1. The minimum atomic E-state index is -1.07. The molecule has 5 nitrogen and oxygen atoms in total. The average Bonchev–Trinajstić information content (AvgIpc) is 2.57. The highest BCUT2D eigenvalue weighted by molar-refractivity contribution is 6.35. The molecule has 2 aromatic rings. The summed E-state index contributed by atoms with van der Waals surface area (Å²) in [6, 6.07) is 9.74. The molecule has 1 atom stereocenters. The van der Waals surface area contributed by atoms with Crippen LogP contribution in [0.1, 0.15) is 6.92 Å². The van der Waals surface area contributed by atoms with Gasteiger partial charge in [-0.2, -0.15) is 0 Å². The summed E-state index contributed by atoms with van der Waals surface area (Å²) in [6.45, 7) is 0.991. The van der Waals surface area contributed by atoms with Crippen LogP contribution in [0.4, 0.5) is 10.1 Å². The molecule has 0 fully saturated rings. The highest BCUT2D eigenvalue weighted by Crippen LogP contribution is 2.25. The molecule has 0 aliphatic heterocycles. The Kier molecular flexibility index (Phi) is 6.61. The Morgan fingerprint density at radius 3 is 2.52 bits per heavy atom. The highest BCUT2D eigenvalue weighted by atomic mass is 35.5. The van der Waals surface area contributed by atoms with Gasteiger partial charge in [-0.3, -0.25) is 4.79 Å². The molecule has 2 rings (SSSR count). The Hall–Kier alpha value is -2.31. The van der Waals surface area contributed by atoms with Crippen LogP contribution in [0.2, 0.25) is 10.0 Å². The van der Waals surface area contributed by atoms with Gasteiger partial charge >= 0.3 is 5.97 Å². The molecule has 0 spiro atoms. The third kappa shape index (κ3) is 5.92. The monoisotopic (exact) mass is 385 g/mol. The van der Waals surface area contributed by atoms with Gasteiger partial charge in [-0.05, 0) is 49.4 Å². The van der Waals surface area contributed by atoms with Gasteiger partial charge in [-0.15, -0.1) is 0 Å². The maximum absolute atomic E-state index is 12.8. The number of ether oxygens (including phenoxy) is 2. The standard InChI is InChI=1S/C17H14Cl2FNO4/c1-10(17(23)21-15-8-11(18)2-7-14(15)19)25-16(22)9-24-13-5-3-12(20)4-6-13/h2-8,10H,9H2,1H3,(H,21,23). The predicted molar refractivity (Wildman–Crippen MR) is 92.5 cm³/mol. The van der Waals surface area contributed by atoms with E-state index in [0.29, 0.717) is 21.5 Å². The molecule has 1 unspecified atom stereocenters. The largest absolute Gasteiger partial charge is 0.482 e. The van der Waals surface area contributed by atoms with Crippen molar-refractivity contribution in [1.82, 2.24) is 0 Å². The van der Waals surface area contributed by atoms with Gasteiger partial charge in [-0.1, -0.05) is 23.2 Å². The first kappa shape index (κ1) is 19.0. The van der Waals surface area contributed by atoms with Crippen molar-refractivity contribution < 1.29 is 23.5 Å². The molecular formula is C17H14Cl2FNO4. The van der Waals surface area contributed by atoms with E-state index in [9.17, 15) is 14.0 Å². The summed E-state index contributed by atoms with van der Waals surface area (Å²) in [5.41, 5.74) is 0.310. The zero-order valence-electron chi connectivity index (χ0n) is 13.1. The third-order valence-corrected chi connectivity index (χ3v) is 3.60. The molecule has 1 amide bonds. The molecule has 0 heterocycles. The van der Waals surface area contributed by atoms with Crippen molar-refractivity contribution in [3.8, 4) is 5.75 Å². The SMILES string of the molecule is CC(OC(=O)COc1ccc(F)cc1)C(=O)Nc1cc(Cl)ccc1Cl. The summed E-state index contributed by atoms with van der Waals surface area (Å²) in [4.78, 5) is 23.8. The van der Waals surface area contributed by atoms with Crippen LogP contribution >= 0.6 is 23.2 Å². The van der Waals surface area contributed by atoms with Gasteiger partial charge in [0.25, 0.3) is 5.91 Å². The fraction of sp³-hybridized carbons (Fsp3) is 0.176. The third-order valence-electron chi connectivity index (χ3n) is 3.03. The summed E-state index contributed by atoms with van der Waals surface area (Å²) < 4.78 is 22.9. The van der Waals surface area contributed by atoms with E-state index >= 15 is 0 Å². The number of esters is 1. The van der Waals surface area contributed by atoms with E-state index in [1.807, 2.05) is 0 Å². The summed E-state index contributed by atoms with van der Waals surface area (Å²) >= 11 is 11.8. The lowest BCUT2D eigenvalue weighted by Gasteiger charge is -2.14. The molecule has 0 aliphatic carbocycles. The van der Waals surface area contributed by atoms with E-state index in [2.05, 4.69) is 5.32 Å². The van der Waals surface area contributed by atoms with Gasteiger partial charge in [0.15, 0.2) is 12.7 Å². The zero-order chi connectivity index (χ0) is 18.4. The first-order chi connectivity index (χ1) is 11.8. The molecule has 132 valence electrons. The van der Waals surface area contributed by atoms with Crippen molar-refractivity contribution in [1.29, 1.82) is 0 Å². The van der Waals surface area contributed by atoms with Gasteiger partial charge in [0.1, 0.15) is 11.6 Å². The Morgan fingerprint density at radius 2 is 1.84 bits per heavy atom. The van der Waals surface area contributed by atoms with Crippen LogP contribution in [0.5, 0.6) is 5.75 Å². The molecule has 0 aliphatic rings. The van der Waals surface area contributed by atoms with Crippen LogP contribution < -0.4 is 10.1 Å². The average molecular weight is 386 g/mol. The number of hydrogen-bond donors (Lipinski definition) is 1. The lowest BCUT2D eigenvalue weighted by Crippen LogP contribution is -2.31. The minimum Gasteiger partial charge on any atom is -0.482 e. The van der Waals surface area contributed by atoms with Crippen LogP contribution in [0.3, 0.4) is 0 Å². The molecule has 1 N–H and O–H groups in total. The van der Waals surface area contributed by atoms with Crippen molar-refractivity contribution in [3.63, 3.8) is 0 Å². The normalized spacial score (nSPS) is 11.5. The molecule has 0 saturated carbocycles. The maximum Gasteiger partial charge on any atom is 0.344 e. The Labute approximate surface area is 153 Å². The fourth-order valence-corrected chi connectivity index (χ4v) is 2.12. The molecule has 2 aromatic carbocycles. The summed E-state index contributed by atoms with van der Waals surface area (Å²) in [5.74, 6) is -1.43. The number of hydrogen-bond acceptors (Lipinski definition) is 4. The Bertz CT molecular complexity index is 768. The first-order valence-electron chi connectivity index (χ1n) is 7.19. The highest BCUT2D eigenvalue weighted by Gasteiger charge is 2.19. The number of rotatable bonds is 6. The molecule has 0 bridgehead atoms. The zero-order valence-corrected chi connectivity index (χ0v) is 14.6. The smallest absolute Gasteiger partial charge is 0.344 e. The molecule has 25 heavy (non-hydrogen) atoms.